The van der Waals surface area contributed by atoms with E-state index in [0.29, 0.717) is 12.5 Å². The van der Waals surface area contributed by atoms with Crippen LogP contribution in [-0.2, 0) is 16.1 Å². The smallest absolute Gasteiger partial charge is 0.227 e. The molecule has 0 bridgehead atoms. The zero-order valence-electron chi connectivity index (χ0n) is 17.9. The Hall–Kier alpha value is -1.35. The number of rotatable bonds is 11. The van der Waals surface area contributed by atoms with Crippen LogP contribution in [0, 0.1) is 11.8 Å². The summed E-state index contributed by atoms with van der Waals surface area (Å²) in [6.45, 7) is 11.2. The minimum Gasteiger partial charge on any atom is -0.381 e. The highest BCUT2D eigenvalue weighted by atomic mass is 127. The molecule has 1 aromatic carbocycles. The number of nitrogens with one attached hydrogen (secondary N) is 3. The SMILES string of the molecule is CCC(C)C(=O)Nc1cccc(CNC(=NC)NCCCOCC(C)C)c1.I. The van der Waals surface area contributed by atoms with Crippen molar-refractivity contribution in [1.29, 1.82) is 0 Å². The molecule has 0 saturated carbocycles. The van der Waals surface area contributed by atoms with E-state index in [-0.39, 0.29) is 35.8 Å². The molecule has 6 nitrogen and oxygen atoms in total. The minimum absolute atomic E-state index is 0. The van der Waals surface area contributed by atoms with Crippen LogP contribution in [0.5, 0.6) is 0 Å². The first kappa shape index (κ1) is 26.6. The average molecular weight is 504 g/mol. The monoisotopic (exact) mass is 504 g/mol. The first-order valence-electron chi connectivity index (χ1n) is 9.88. The first-order valence-corrected chi connectivity index (χ1v) is 9.88. The van der Waals surface area contributed by atoms with E-state index in [4.69, 9.17) is 4.74 Å². The molecular formula is C21H37IN4O2. The van der Waals surface area contributed by atoms with Crippen molar-refractivity contribution in [3.05, 3.63) is 29.8 Å². The molecule has 3 N–H and O–H groups in total. The normalized spacial score (nSPS) is 12.3. The molecule has 0 saturated heterocycles. The van der Waals surface area contributed by atoms with Gasteiger partial charge in [0.25, 0.3) is 0 Å². The number of nitrogens with zero attached hydrogens (tertiary/aromatic N) is 1. The zero-order valence-corrected chi connectivity index (χ0v) is 20.2. The van der Waals surface area contributed by atoms with E-state index in [1.54, 1.807) is 7.05 Å². The van der Waals surface area contributed by atoms with Crippen molar-refractivity contribution in [3.8, 4) is 0 Å². The Morgan fingerprint density at radius 3 is 2.61 bits per heavy atom. The van der Waals surface area contributed by atoms with Gasteiger partial charge in [-0.25, -0.2) is 0 Å². The van der Waals surface area contributed by atoms with Crippen molar-refractivity contribution < 1.29 is 9.53 Å². The molecule has 0 aliphatic rings. The molecule has 1 unspecified atom stereocenters. The first-order chi connectivity index (χ1) is 13.0. The van der Waals surface area contributed by atoms with Crippen molar-refractivity contribution in [1.82, 2.24) is 10.6 Å². The number of carbonyl (C=O) groups excluding carboxylic acids is 1. The van der Waals surface area contributed by atoms with Gasteiger partial charge in [-0.2, -0.15) is 0 Å². The Kier molecular flexibility index (Phi) is 14.8. The number of hydrogen-bond donors (Lipinski definition) is 3. The summed E-state index contributed by atoms with van der Waals surface area (Å²) in [5.74, 6) is 1.39. The predicted octanol–water partition coefficient (Wildman–Crippen LogP) is 4.02. The summed E-state index contributed by atoms with van der Waals surface area (Å²) in [4.78, 5) is 16.3. The highest BCUT2D eigenvalue weighted by Gasteiger charge is 2.10. The zero-order chi connectivity index (χ0) is 20.1. The summed E-state index contributed by atoms with van der Waals surface area (Å²) >= 11 is 0. The van der Waals surface area contributed by atoms with Gasteiger partial charge in [0.2, 0.25) is 5.91 Å². The summed E-state index contributed by atoms with van der Waals surface area (Å²) < 4.78 is 5.57. The van der Waals surface area contributed by atoms with Gasteiger partial charge < -0.3 is 20.7 Å². The molecule has 28 heavy (non-hydrogen) atoms. The van der Waals surface area contributed by atoms with Gasteiger partial charge in [-0.3, -0.25) is 9.79 Å². The van der Waals surface area contributed by atoms with E-state index >= 15 is 0 Å². The Morgan fingerprint density at radius 1 is 1.21 bits per heavy atom. The number of amides is 1. The minimum atomic E-state index is 0. The van der Waals surface area contributed by atoms with Crippen LogP contribution in [0.25, 0.3) is 0 Å². The number of aliphatic imine (C=N–C) groups is 1. The number of anilines is 1. The second kappa shape index (κ2) is 15.6. The van der Waals surface area contributed by atoms with Gasteiger partial charge in [-0.1, -0.05) is 39.8 Å². The van der Waals surface area contributed by atoms with E-state index in [1.165, 1.54) is 0 Å². The summed E-state index contributed by atoms with van der Waals surface area (Å²) in [6, 6.07) is 7.87. The van der Waals surface area contributed by atoms with Crippen molar-refractivity contribution in [2.45, 2.75) is 47.1 Å². The third-order valence-electron chi connectivity index (χ3n) is 4.15. The maximum absolute atomic E-state index is 12.0. The van der Waals surface area contributed by atoms with Crippen molar-refractivity contribution in [3.63, 3.8) is 0 Å². The molecule has 160 valence electrons. The number of benzene rings is 1. The van der Waals surface area contributed by atoms with Crippen molar-refractivity contribution >= 4 is 41.5 Å². The van der Waals surface area contributed by atoms with Crippen LogP contribution in [0.15, 0.2) is 29.3 Å². The van der Waals surface area contributed by atoms with Crippen LogP contribution < -0.4 is 16.0 Å². The Labute approximate surface area is 187 Å². The number of ether oxygens (including phenoxy) is 1. The molecule has 7 heteroatoms. The highest BCUT2D eigenvalue weighted by Crippen LogP contribution is 2.13. The second-order valence-corrected chi connectivity index (χ2v) is 7.17. The lowest BCUT2D eigenvalue weighted by atomic mass is 10.1. The Bertz CT molecular complexity index is 594. The maximum atomic E-state index is 12.0. The summed E-state index contributed by atoms with van der Waals surface area (Å²) in [5, 5.41) is 9.55. The fraction of sp³-hybridized carbons (Fsp3) is 0.619. The summed E-state index contributed by atoms with van der Waals surface area (Å²) in [5.41, 5.74) is 1.91. The van der Waals surface area contributed by atoms with Crippen LogP contribution in [0.1, 0.15) is 46.1 Å². The largest absolute Gasteiger partial charge is 0.381 e. The molecule has 1 amide bonds. The van der Waals surface area contributed by atoms with Crippen LogP contribution in [0.3, 0.4) is 0 Å². The van der Waals surface area contributed by atoms with E-state index in [9.17, 15) is 4.79 Å². The fourth-order valence-electron chi connectivity index (χ4n) is 2.32. The lowest BCUT2D eigenvalue weighted by Gasteiger charge is -2.14. The third kappa shape index (κ3) is 11.5. The van der Waals surface area contributed by atoms with Crippen LogP contribution in [0.2, 0.25) is 0 Å². The molecule has 1 aromatic rings. The molecule has 1 atom stereocenters. The maximum Gasteiger partial charge on any atom is 0.227 e. The van der Waals surface area contributed by atoms with Gasteiger partial charge in [0, 0.05) is 45.0 Å². The van der Waals surface area contributed by atoms with Crippen LogP contribution in [-0.4, -0.2) is 38.7 Å². The summed E-state index contributed by atoms with van der Waals surface area (Å²) in [7, 11) is 1.76. The number of hydrogen-bond acceptors (Lipinski definition) is 3. The number of carbonyl (C=O) groups is 1. The van der Waals surface area contributed by atoms with Gasteiger partial charge in [0.15, 0.2) is 5.96 Å². The lowest BCUT2D eigenvalue weighted by Crippen LogP contribution is -2.37. The van der Waals surface area contributed by atoms with Gasteiger partial charge in [-0.15, -0.1) is 24.0 Å². The van der Waals surface area contributed by atoms with E-state index in [0.717, 1.165) is 49.8 Å². The Morgan fingerprint density at radius 2 is 1.96 bits per heavy atom. The standard InChI is InChI=1S/C21H36N4O2.HI/c1-6-17(4)20(26)25-19-10-7-9-18(13-19)14-24-21(22-5)23-11-8-12-27-15-16(2)3;/h7,9-10,13,16-17H,6,8,11-12,14-15H2,1-5H3,(H,25,26)(H2,22,23,24);1H. The predicted molar refractivity (Wildman–Crippen MR) is 128 cm³/mol. The van der Waals surface area contributed by atoms with Gasteiger partial charge in [-0.05, 0) is 36.5 Å². The molecular weight excluding hydrogens is 467 g/mol. The lowest BCUT2D eigenvalue weighted by molar-refractivity contribution is -0.119. The molecule has 0 aromatic heterocycles. The topological polar surface area (TPSA) is 74.8 Å². The van der Waals surface area contributed by atoms with Crippen LogP contribution in [0.4, 0.5) is 5.69 Å². The van der Waals surface area contributed by atoms with Crippen LogP contribution >= 0.6 is 24.0 Å². The van der Waals surface area contributed by atoms with Crippen molar-refractivity contribution in [2.24, 2.45) is 16.8 Å². The van der Waals surface area contributed by atoms with E-state index < -0.39 is 0 Å². The molecule has 1 rings (SSSR count). The molecule has 0 fully saturated rings. The number of guanidine groups is 1. The molecule has 0 spiro atoms. The highest BCUT2D eigenvalue weighted by molar-refractivity contribution is 14.0. The molecule has 0 aliphatic carbocycles. The van der Waals surface area contributed by atoms with Crippen molar-refractivity contribution in [2.75, 3.05) is 32.1 Å². The van der Waals surface area contributed by atoms with E-state index in [1.807, 2.05) is 38.1 Å². The molecule has 0 heterocycles. The molecule has 0 radical (unpaired) electrons. The molecule has 0 aliphatic heterocycles. The van der Waals surface area contributed by atoms with E-state index in [2.05, 4.69) is 34.8 Å². The third-order valence-corrected chi connectivity index (χ3v) is 4.15. The quantitative estimate of drug-likeness (QED) is 0.184. The number of halogens is 1. The van der Waals surface area contributed by atoms with Gasteiger partial charge >= 0.3 is 0 Å². The average Bonchev–Trinajstić information content (AvgIpc) is 2.66. The van der Waals surface area contributed by atoms with Gasteiger partial charge in [0.1, 0.15) is 0 Å². The van der Waals surface area contributed by atoms with Gasteiger partial charge in [0.05, 0.1) is 0 Å². The summed E-state index contributed by atoms with van der Waals surface area (Å²) in [6.07, 6.45) is 1.77. The second-order valence-electron chi connectivity index (χ2n) is 7.17. The fourth-order valence-corrected chi connectivity index (χ4v) is 2.32. The Balaban J connectivity index is 0.00000729.